The molecule has 0 spiro atoms. The molecule has 0 aliphatic carbocycles. The van der Waals surface area contributed by atoms with E-state index in [0.717, 1.165) is 16.7 Å². The van der Waals surface area contributed by atoms with E-state index in [2.05, 4.69) is 70.7 Å². The molecule has 0 aromatic heterocycles. The fraction of sp³-hybridized carbons (Fsp3) is 0.222. The van der Waals surface area contributed by atoms with Gasteiger partial charge in [-0.15, -0.1) is 0 Å². The number of allylic oxidation sites excluding steroid dienone is 5. The summed E-state index contributed by atoms with van der Waals surface area (Å²) in [6.07, 6.45) is 8.81. The van der Waals surface area contributed by atoms with Crippen molar-refractivity contribution in [2.24, 2.45) is 0 Å². The van der Waals surface area contributed by atoms with Crippen LogP contribution in [0, 0.1) is 0 Å². The lowest BCUT2D eigenvalue weighted by atomic mass is 9.83. The standard InChI is InChI=1S/C27H30O2/c1-7-21-13-8-9-14-25(21)23-16-22(17-24(18-23)27(4,5)6)20(3)12-10-11-19(2)15-26(28)29/h7-18H,1H2,2-6H3,(H,28,29)/b11-10+,19-15+,20-12-. The fourth-order valence-corrected chi connectivity index (χ4v) is 3.07. The maximum absolute atomic E-state index is 10.8. The van der Waals surface area contributed by atoms with E-state index in [0.29, 0.717) is 5.57 Å². The summed E-state index contributed by atoms with van der Waals surface area (Å²) >= 11 is 0. The Morgan fingerprint density at radius 3 is 2.38 bits per heavy atom. The molecule has 0 unspecified atom stereocenters. The van der Waals surface area contributed by atoms with Gasteiger partial charge in [0.1, 0.15) is 0 Å². The van der Waals surface area contributed by atoms with Crippen LogP contribution in [-0.4, -0.2) is 11.1 Å². The topological polar surface area (TPSA) is 37.3 Å². The molecular weight excluding hydrogens is 356 g/mol. The van der Waals surface area contributed by atoms with Gasteiger partial charge in [-0.3, -0.25) is 0 Å². The normalized spacial score (nSPS) is 13.0. The predicted octanol–water partition coefficient (Wildman–Crippen LogP) is 7.28. The maximum Gasteiger partial charge on any atom is 0.328 e. The van der Waals surface area contributed by atoms with Crippen LogP contribution in [0.25, 0.3) is 22.8 Å². The van der Waals surface area contributed by atoms with Crippen molar-refractivity contribution >= 4 is 17.6 Å². The van der Waals surface area contributed by atoms with E-state index < -0.39 is 5.97 Å². The van der Waals surface area contributed by atoms with Crippen molar-refractivity contribution in [2.45, 2.75) is 40.0 Å². The fourth-order valence-electron chi connectivity index (χ4n) is 3.07. The number of carbonyl (C=O) groups is 1. The van der Waals surface area contributed by atoms with E-state index in [-0.39, 0.29) is 5.41 Å². The summed E-state index contributed by atoms with van der Waals surface area (Å²) in [6, 6.07) is 15.0. The Bertz CT molecular complexity index is 995. The van der Waals surface area contributed by atoms with Crippen LogP contribution in [0.15, 0.2) is 78.9 Å². The minimum atomic E-state index is -0.934. The Balaban J connectivity index is 2.54. The van der Waals surface area contributed by atoms with Crippen LogP contribution in [0.5, 0.6) is 0 Å². The summed E-state index contributed by atoms with van der Waals surface area (Å²) in [6.45, 7) is 14.5. The Labute approximate surface area is 174 Å². The lowest BCUT2D eigenvalue weighted by Gasteiger charge is -2.22. The zero-order chi connectivity index (χ0) is 21.6. The van der Waals surface area contributed by atoms with Crippen molar-refractivity contribution in [3.05, 3.63) is 95.6 Å². The SMILES string of the molecule is C=Cc1ccccc1-c1cc(\C(C)=C/C=C/C(C)=C/C(=O)O)cc(C(C)(C)C)c1. The average Bonchev–Trinajstić information content (AvgIpc) is 2.66. The summed E-state index contributed by atoms with van der Waals surface area (Å²) in [5.41, 5.74) is 7.70. The van der Waals surface area contributed by atoms with Crippen molar-refractivity contribution < 1.29 is 9.90 Å². The van der Waals surface area contributed by atoms with Gasteiger partial charge in [0.05, 0.1) is 0 Å². The molecule has 0 radical (unpaired) electrons. The Morgan fingerprint density at radius 1 is 1.07 bits per heavy atom. The summed E-state index contributed by atoms with van der Waals surface area (Å²) in [4.78, 5) is 10.8. The number of carboxylic acids is 1. The molecule has 150 valence electrons. The van der Waals surface area contributed by atoms with E-state index in [9.17, 15) is 4.79 Å². The van der Waals surface area contributed by atoms with Crippen LogP contribution in [-0.2, 0) is 10.2 Å². The molecular formula is C27H30O2. The zero-order valence-electron chi connectivity index (χ0n) is 18.0. The third-order valence-electron chi connectivity index (χ3n) is 4.80. The summed E-state index contributed by atoms with van der Waals surface area (Å²) in [5, 5.41) is 8.83. The van der Waals surface area contributed by atoms with E-state index in [1.165, 1.54) is 22.8 Å². The monoisotopic (exact) mass is 386 g/mol. The van der Waals surface area contributed by atoms with Gasteiger partial charge in [-0.25, -0.2) is 4.79 Å². The first-order valence-corrected chi connectivity index (χ1v) is 9.76. The minimum absolute atomic E-state index is 0.0187. The van der Waals surface area contributed by atoms with Crippen LogP contribution in [0.2, 0.25) is 0 Å². The summed E-state index contributed by atoms with van der Waals surface area (Å²) < 4.78 is 0. The molecule has 0 bridgehead atoms. The first-order valence-electron chi connectivity index (χ1n) is 9.76. The van der Waals surface area contributed by atoms with Gasteiger partial charge >= 0.3 is 5.97 Å². The maximum atomic E-state index is 10.8. The third kappa shape index (κ3) is 6.18. The molecule has 2 aromatic rings. The van der Waals surface area contributed by atoms with Gasteiger partial charge in [0.2, 0.25) is 0 Å². The van der Waals surface area contributed by atoms with E-state index in [4.69, 9.17) is 5.11 Å². The predicted molar refractivity (Wildman–Crippen MR) is 125 cm³/mol. The molecule has 0 aliphatic heterocycles. The van der Waals surface area contributed by atoms with Crippen molar-refractivity contribution in [3.8, 4) is 11.1 Å². The molecule has 2 rings (SSSR count). The Kier molecular flexibility index (Phi) is 7.17. The quantitative estimate of drug-likeness (QED) is 0.418. The van der Waals surface area contributed by atoms with E-state index >= 15 is 0 Å². The highest BCUT2D eigenvalue weighted by atomic mass is 16.4. The molecule has 0 amide bonds. The van der Waals surface area contributed by atoms with Crippen molar-refractivity contribution in [2.75, 3.05) is 0 Å². The van der Waals surface area contributed by atoms with Crippen LogP contribution < -0.4 is 0 Å². The number of aliphatic carboxylic acids is 1. The first kappa shape index (κ1) is 22.2. The Hall–Kier alpha value is -3.13. The van der Waals surface area contributed by atoms with Crippen molar-refractivity contribution in [1.82, 2.24) is 0 Å². The van der Waals surface area contributed by atoms with Gasteiger partial charge < -0.3 is 5.11 Å². The van der Waals surface area contributed by atoms with Gasteiger partial charge in [-0.05, 0) is 64.3 Å². The van der Waals surface area contributed by atoms with Gasteiger partial charge in [-0.2, -0.15) is 0 Å². The lowest BCUT2D eigenvalue weighted by Crippen LogP contribution is -2.11. The van der Waals surface area contributed by atoms with Crippen LogP contribution in [0.1, 0.15) is 51.3 Å². The molecule has 0 aliphatic rings. The third-order valence-corrected chi connectivity index (χ3v) is 4.80. The summed E-state index contributed by atoms with van der Waals surface area (Å²) in [7, 11) is 0. The molecule has 29 heavy (non-hydrogen) atoms. The molecule has 2 nitrogen and oxygen atoms in total. The lowest BCUT2D eigenvalue weighted by molar-refractivity contribution is -0.131. The van der Waals surface area contributed by atoms with Crippen molar-refractivity contribution in [3.63, 3.8) is 0 Å². The van der Waals surface area contributed by atoms with Crippen LogP contribution in [0.3, 0.4) is 0 Å². The molecule has 1 N–H and O–H groups in total. The second kappa shape index (κ2) is 9.38. The second-order valence-corrected chi connectivity index (χ2v) is 8.28. The smallest absolute Gasteiger partial charge is 0.328 e. The van der Waals surface area contributed by atoms with Crippen molar-refractivity contribution in [1.29, 1.82) is 0 Å². The van der Waals surface area contributed by atoms with Gasteiger partial charge in [0.15, 0.2) is 0 Å². The second-order valence-electron chi connectivity index (χ2n) is 8.28. The number of rotatable bonds is 6. The number of carboxylic acid groups (broad SMARTS) is 1. The number of hydrogen-bond acceptors (Lipinski definition) is 1. The highest BCUT2D eigenvalue weighted by Crippen LogP contribution is 2.33. The molecule has 0 atom stereocenters. The largest absolute Gasteiger partial charge is 0.478 e. The molecule has 0 saturated carbocycles. The van der Waals surface area contributed by atoms with Gasteiger partial charge in [0.25, 0.3) is 0 Å². The van der Waals surface area contributed by atoms with Gasteiger partial charge in [-0.1, -0.05) is 88.1 Å². The molecule has 0 heterocycles. The Morgan fingerprint density at radius 2 is 1.76 bits per heavy atom. The number of hydrogen-bond donors (Lipinski definition) is 1. The van der Waals surface area contributed by atoms with E-state index in [1.807, 2.05) is 24.3 Å². The summed E-state index contributed by atoms with van der Waals surface area (Å²) in [5.74, 6) is -0.934. The minimum Gasteiger partial charge on any atom is -0.478 e. The zero-order valence-corrected chi connectivity index (χ0v) is 18.0. The highest BCUT2D eigenvalue weighted by Gasteiger charge is 2.17. The first-order chi connectivity index (χ1) is 13.6. The van der Waals surface area contributed by atoms with Crippen LogP contribution >= 0.6 is 0 Å². The van der Waals surface area contributed by atoms with Crippen LogP contribution in [0.4, 0.5) is 0 Å². The molecule has 0 fully saturated rings. The molecule has 0 saturated heterocycles. The molecule has 2 heteroatoms. The van der Waals surface area contributed by atoms with E-state index in [1.54, 1.807) is 13.0 Å². The molecule has 2 aromatic carbocycles. The number of benzene rings is 2. The highest BCUT2D eigenvalue weighted by molar-refractivity contribution is 5.81. The average molecular weight is 387 g/mol. The van der Waals surface area contributed by atoms with Gasteiger partial charge in [0, 0.05) is 6.08 Å².